The van der Waals surface area contributed by atoms with Crippen molar-refractivity contribution < 1.29 is 38.6 Å². The average molecular weight is 774 g/mol. The van der Waals surface area contributed by atoms with Gasteiger partial charge in [0.2, 0.25) is 17.7 Å². The zero-order valence-corrected chi connectivity index (χ0v) is 31.8. The van der Waals surface area contributed by atoms with Crippen molar-refractivity contribution in [3.63, 3.8) is 0 Å². The number of nitrogens with zero attached hydrogens (tertiary/aromatic N) is 5. The first-order chi connectivity index (χ1) is 26.0. The van der Waals surface area contributed by atoms with Crippen LogP contribution in [0.5, 0.6) is 0 Å². The summed E-state index contributed by atoms with van der Waals surface area (Å²) in [6.07, 6.45) is 4.36. The Labute approximate surface area is 321 Å². The summed E-state index contributed by atoms with van der Waals surface area (Å²) in [4.78, 5) is 71.3. The van der Waals surface area contributed by atoms with Crippen molar-refractivity contribution in [2.75, 3.05) is 45.3 Å². The molecule has 1 aromatic carbocycles. The topological polar surface area (TPSA) is 246 Å². The number of guanidine groups is 1. The third-order valence-electron chi connectivity index (χ3n) is 8.81. The molecule has 1 aliphatic rings. The van der Waals surface area contributed by atoms with Gasteiger partial charge in [0.25, 0.3) is 0 Å². The number of carboxylic acids is 1. The minimum Gasteiger partial charge on any atom is -0.480 e. The molecular formula is C36H55N9O8S. The van der Waals surface area contributed by atoms with Crippen LogP contribution in [0.2, 0.25) is 0 Å². The van der Waals surface area contributed by atoms with Crippen molar-refractivity contribution in [2.24, 2.45) is 22.4 Å². The Kier molecular flexibility index (Phi) is 19.5. The second-order valence-electron chi connectivity index (χ2n) is 13.1. The van der Waals surface area contributed by atoms with E-state index >= 15 is 0 Å². The molecule has 1 aromatic heterocycles. The Bertz CT molecular complexity index is 1520. The van der Waals surface area contributed by atoms with Gasteiger partial charge >= 0.3 is 5.97 Å². The molecule has 17 nitrogen and oxygen atoms in total. The molecule has 18 heteroatoms. The van der Waals surface area contributed by atoms with Gasteiger partial charge in [0.1, 0.15) is 12.1 Å². The van der Waals surface area contributed by atoms with Crippen LogP contribution in [0.25, 0.3) is 0 Å². The molecule has 0 unspecified atom stereocenters. The van der Waals surface area contributed by atoms with Gasteiger partial charge in [-0.3, -0.25) is 24.2 Å². The van der Waals surface area contributed by atoms with Crippen molar-refractivity contribution >= 4 is 48.1 Å². The first-order valence-corrected chi connectivity index (χ1v) is 19.1. The molecule has 0 bridgehead atoms. The lowest BCUT2D eigenvalue weighted by molar-refractivity contribution is -0.145. The number of nitrogens with one attached hydrogen (secondary N) is 2. The Morgan fingerprint density at radius 2 is 1.80 bits per heavy atom. The number of Topliss-reactive ketones (excluding diaryl/α,β-unsaturated/α-hetero) is 1. The molecule has 0 saturated carbocycles. The van der Waals surface area contributed by atoms with Gasteiger partial charge in [-0.25, -0.2) is 9.48 Å². The Balaban J connectivity index is 1.59. The van der Waals surface area contributed by atoms with Gasteiger partial charge in [-0.2, -0.15) is 12.6 Å². The molecule has 3 amide bonds. The van der Waals surface area contributed by atoms with Crippen LogP contribution in [0, 0.1) is 5.92 Å². The van der Waals surface area contributed by atoms with Gasteiger partial charge in [-0.15, -0.1) is 5.10 Å². The number of amides is 3. The van der Waals surface area contributed by atoms with Crippen LogP contribution >= 0.6 is 12.6 Å². The number of aliphatic imine (C=N–C) groups is 1. The van der Waals surface area contributed by atoms with E-state index < -0.39 is 41.8 Å². The van der Waals surface area contributed by atoms with Crippen LogP contribution in [0.4, 0.5) is 0 Å². The lowest BCUT2D eigenvalue weighted by Gasteiger charge is -2.29. The van der Waals surface area contributed by atoms with Crippen LogP contribution in [0.15, 0.2) is 41.5 Å². The number of benzene rings is 1. The van der Waals surface area contributed by atoms with E-state index in [-0.39, 0.29) is 62.2 Å². The molecule has 54 heavy (non-hydrogen) atoms. The number of likely N-dealkylation sites (tertiary alicyclic amines) is 1. The maximum Gasteiger partial charge on any atom is 0.326 e. The Morgan fingerprint density at radius 3 is 2.48 bits per heavy atom. The molecule has 4 atom stereocenters. The normalized spacial score (nSPS) is 15.6. The van der Waals surface area contributed by atoms with E-state index in [9.17, 15) is 29.1 Å². The largest absolute Gasteiger partial charge is 0.480 e. The van der Waals surface area contributed by atoms with E-state index in [4.69, 9.17) is 20.9 Å². The van der Waals surface area contributed by atoms with Crippen LogP contribution in [0.1, 0.15) is 63.1 Å². The quantitative estimate of drug-likeness (QED) is 0.0331. The lowest BCUT2D eigenvalue weighted by Crippen LogP contribution is -2.52. The molecule has 7 N–H and O–H groups in total. The fraction of sp³-hybridized carbons (Fsp3) is 0.611. The molecule has 1 saturated heterocycles. The van der Waals surface area contributed by atoms with Gasteiger partial charge in [0.05, 0.1) is 38.1 Å². The smallest absolute Gasteiger partial charge is 0.326 e. The van der Waals surface area contributed by atoms with E-state index in [1.165, 1.54) is 4.90 Å². The minimum absolute atomic E-state index is 0.0188. The predicted molar refractivity (Wildman–Crippen MR) is 204 cm³/mol. The molecule has 1 fully saturated rings. The number of aryl methyl sites for hydroxylation is 1. The first kappa shape index (κ1) is 43.9. The van der Waals surface area contributed by atoms with E-state index in [1.807, 2.05) is 37.3 Å². The number of ether oxygens (including phenoxy) is 2. The summed E-state index contributed by atoms with van der Waals surface area (Å²) in [5.41, 5.74) is 12.1. The zero-order chi connectivity index (χ0) is 39.3. The van der Waals surface area contributed by atoms with Gasteiger partial charge < -0.3 is 41.6 Å². The number of thiol groups is 1. The number of aliphatic carboxylic acids is 1. The highest BCUT2D eigenvalue weighted by Crippen LogP contribution is 2.25. The highest BCUT2D eigenvalue weighted by molar-refractivity contribution is 7.80. The van der Waals surface area contributed by atoms with Crippen LogP contribution in [-0.4, -0.2) is 124 Å². The number of aromatic nitrogens is 3. The lowest BCUT2D eigenvalue weighted by atomic mass is 9.90. The second-order valence-corrected chi connectivity index (χ2v) is 13.5. The molecule has 3 rings (SSSR count). The van der Waals surface area contributed by atoms with Crippen LogP contribution in [-0.2, 0) is 52.8 Å². The first-order valence-electron chi connectivity index (χ1n) is 18.4. The van der Waals surface area contributed by atoms with Gasteiger partial charge in [-0.05, 0) is 44.1 Å². The molecular weight excluding hydrogens is 719 g/mol. The molecule has 0 aliphatic carbocycles. The van der Waals surface area contributed by atoms with Crippen LogP contribution < -0.4 is 22.1 Å². The highest BCUT2D eigenvalue weighted by atomic mass is 32.1. The SMILES string of the molecule is CCCOCCOCCn1cc(CCC(=O)N[C@@H](CS)C(=O)C[C@H](Cc2ccccc2)C(=O)N2CCC[C@H]2C(=O)N[C@@H](CCCN=C(N)N)C(=O)O)nn1. The zero-order valence-electron chi connectivity index (χ0n) is 30.9. The van der Waals surface area contributed by atoms with Crippen LogP contribution in [0.3, 0.4) is 0 Å². The molecule has 0 spiro atoms. The standard InChI is InChI=1S/C36H55N9O8S/c1-2-17-52-19-20-53-18-16-44-23-27(42-43-44)12-13-32(47)40-29(24-54)31(46)22-26(21-25-8-4-3-5-9-25)34(49)45-15-7-11-30(45)33(48)41-28(35(50)51)10-6-14-39-36(37)38/h3-5,8-9,23,26,28-30,54H,2,6-7,10-22,24H2,1H3,(H,40,47)(H,41,48)(H,50,51)(H4,37,38,39)/t26-,28-,29-,30-/m0/s1. The highest BCUT2D eigenvalue weighted by Gasteiger charge is 2.39. The summed E-state index contributed by atoms with van der Waals surface area (Å²) in [7, 11) is 0. The summed E-state index contributed by atoms with van der Waals surface area (Å²) in [6.45, 7) is 5.18. The number of nitrogens with two attached hydrogens (primary N) is 2. The number of ketones is 1. The van der Waals surface area contributed by atoms with E-state index in [2.05, 4.69) is 38.6 Å². The summed E-state index contributed by atoms with van der Waals surface area (Å²) in [5, 5.41) is 23.2. The monoisotopic (exact) mass is 773 g/mol. The van der Waals surface area contributed by atoms with Gasteiger partial charge in [-0.1, -0.05) is 42.5 Å². The molecule has 2 aromatic rings. The summed E-state index contributed by atoms with van der Waals surface area (Å²) < 4.78 is 12.6. The summed E-state index contributed by atoms with van der Waals surface area (Å²) >= 11 is 4.33. The van der Waals surface area contributed by atoms with Crippen molar-refractivity contribution in [3.05, 3.63) is 47.8 Å². The Morgan fingerprint density at radius 1 is 1.06 bits per heavy atom. The summed E-state index contributed by atoms with van der Waals surface area (Å²) in [6, 6.07) is 6.16. The van der Waals surface area contributed by atoms with E-state index in [1.54, 1.807) is 10.9 Å². The predicted octanol–water partition coefficient (Wildman–Crippen LogP) is 0.501. The maximum atomic E-state index is 14.1. The Hall–Kier alpha value is -4.55. The fourth-order valence-electron chi connectivity index (χ4n) is 6.02. The molecule has 2 heterocycles. The maximum absolute atomic E-state index is 14.1. The number of carbonyl (C=O) groups excluding carboxylic acids is 4. The van der Waals surface area contributed by atoms with Gasteiger partial charge in [0, 0.05) is 56.8 Å². The second kappa shape index (κ2) is 24.0. The summed E-state index contributed by atoms with van der Waals surface area (Å²) in [5.74, 6) is -3.87. The van der Waals surface area contributed by atoms with Crippen molar-refractivity contribution in [1.82, 2.24) is 30.5 Å². The van der Waals surface area contributed by atoms with E-state index in [0.717, 1.165) is 12.0 Å². The van der Waals surface area contributed by atoms with Crippen molar-refractivity contribution in [3.8, 4) is 0 Å². The number of hydrogen-bond acceptors (Lipinski definition) is 11. The number of carboxylic acid groups (broad SMARTS) is 1. The molecule has 0 radical (unpaired) electrons. The molecule has 1 aliphatic heterocycles. The number of rotatable bonds is 26. The average Bonchev–Trinajstić information content (AvgIpc) is 3.84. The fourth-order valence-corrected chi connectivity index (χ4v) is 6.31. The molecule has 298 valence electrons. The van der Waals surface area contributed by atoms with E-state index in [0.29, 0.717) is 64.3 Å². The van der Waals surface area contributed by atoms with Crippen molar-refractivity contribution in [1.29, 1.82) is 0 Å². The van der Waals surface area contributed by atoms with Crippen molar-refractivity contribution in [2.45, 2.75) is 89.4 Å². The van der Waals surface area contributed by atoms with Gasteiger partial charge in [0.15, 0.2) is 11.7 Å². The third kappa shape index (κ3) is 15.4. The minimum atomic E-state index is -1.21. The third-order valence-corrected chi connectivity index (χ3v) is 9.17. The number of carbonyl (C=O) groups is 5. The number of hydrogen-bond donors (Lipinski definition) is 6.